The molecule has 0 saturated heterocycles. The zero-order valence-electron chi connectivity index (χ0n) is 12.4. The molecular weight excluding hydrogens is 242 g/mol. The molecule has 0 spiro atoms. The summed E-state index contributed by atoms with van der Waals surface area (Å²) in [6, 6.07) is 5.23. The van der Waals surface area contributed by atoms with Crippen LogP contribution < -0.4 is 5.32 Å². The molecule has 5 heteroatoms. The summed E-state index contributed by atoms with van der Waals surface area (Å²) < 4.78 is 0. The van der Waals surface area contributed by atoms with Crippen molar-refractivity contribution in [2.45, 2.75) is 39.3 Å². The van der Waals surface area contributed by atoms with Gasteiger partial charge in [-0.25, -0.2) is 0 Å². The van der Waals surface area contributed by atoms with Crippen LogP contribution >= 0.6 is 0 Å². The van der Waals surface area contributed by atoms with E-state index in [1.165, 1.54) is 0 Å². The molecule has 0 fully saturated rings. The first-order valence-electron chi connectivity index (χ1n) is 6.48. The highest BCUT2D eigenvalue weighted by Gasteiger charge is 2.21. The van der Waals surface area contributed by atoms with Crippen LogP contribution in [0.25, 0.3) is 0 Å². The first kappa shape index (κ1) is 15.4. The lowest BCUT2D eigenvalue weighted by molar-refractivity contribution is -0.384. The normalized spacial score (nSPS) is 11.7. The molecule has 0 unspecified atom stereocenters. The van der Waals surface area contributed by atoms with Gasteiger partial charge in [-0.2, -0.15) is 0 Å². The van der Waals surface area contributed by atoms with Gasteiger partial charge >= 0.3 is 0 Å². The van der Waals surface area contributed by atoms with Gasteiger partial charge in [0, 0.05) is 25.2 Å². The molecule has 0 atom stereocenters. The van der Waals surface area contributed by atoms with E-state index < -0.39 is 0 Å². The summed E-state index contributed by atoms with van der Waals surface area (Å²) in [5.74, 6) is 0. The van der Waals surface area contributed by atoms with E-state index >= 15 is 0 Å². The number of nitro groups is 1. The fourth-order valence-corrected chi connectivity index (χ4v) is 1.80. The molecule has 5 nitrogen and oxygen atoms in total. The van der Waals surface area contributed by atoms with Crippen molar-refractivity contribution < 1.29 is 4.92 Å². The van der Waals surface area contributed by atoms with Crippen molar-refractivity contribution >= 4 is 11.4 Å². The van der Waals surface area contributed by atoms with Gasteiger partial charge in [-0.05, 0) is 38.9 Å². The predicted molar refractivity (Wildman–Crippen MR) is 78.5 cm³/mol. The van der Waals surface area contributed by atoms with Crippen molar-refractivity contribution in [2.24, 2.45) is 0 Å². The highest BCUT2D eigenvalue weighted by atomic mass is 16.6. The third kappa shape index (κ3) is 3.67. The third-order valence-electron chi connectivity index (χ3n) is 3.85. The molecule has 0 aromatic heterocycles. The van der Waals surface area contributed by atoms with E-state index in [0.29, 0.717) is 5.69 Å². The summed E-state index contributed by atoms with van der Waals surface area (Å²) in [7, 11) is 3.77. The van der Waals surface area contributed by atoms with Gasteiger partial charge in [0.05, 0.1) is 4.92 Å². The Morgan fingerprint density at radius 1 is 1.42 bits per heavy atom. The quantitative estimate of drug-likeness (QED) is 0.633. The molecule has 0 heterocycles. The highest BCUT2D eigenvalue weighted by Crippen LogP contribution is 2.27. The molecule has 0 radical (unpaired) electrons. The Morgan fingerprint density at radius 3 is 2.53 bits per heavy atom. The predicted octanol–water partition coefficient (Wildman–Crippen LogP) is 3.26. The number of rotatable bonds is 6. The smallest absolute Gasteiger partial charge is 0.292 e. The third-order valence-corrected chi connectivity index (χ3v) is 3.85. The number of hydrogen-bond acceptors (Lipinski definition) is 4. The van der Waals surface area contributed by atoms with Crippen LogP contribution in [0.4, 0.5) is 11.4 Å². The average molecular weight is 265 g/mol. The Labute approximate surface area is 114 Å². The number of hydrogen-bond donors (Lipinski definition) is 1. The molecule has 0 aliphatic rings. The minimum absolute atomic E-state index is 0.113. The Hall–Kier alpha value is -1.62. The van der Waals surface area contributed by atoms with Crippen molar-refractivity contribution in [2.75, 3.05) is 19.4 Å². The lowest BCUT2D eigenvalue weighted by atomic mass is 9.99. The van der Waals surface area contributed by atoms with Crippen LogP contribution in [-0.2, 0) is 6.54 Å². The minimum Gasteiger partial charge on any atom is -0.383 e. The highest BCUT2D eigenvalue weighted by molar-refractivity contribution is 5.62. The van der Waals surface area contributed by atoms with Crippen LogP contribution in [0.1, 0.15) is 32.8 Å². The van der Waals surface area contributed by atoms with Gasteiger partial charge < -0.3 is 5.32 Å². The van der Waals surface area contributed by atoms with Gasteiger partial charge in [-0.15, -0.1) is 0 Å². The molecule has 0 aliphatic heterocycles. The molecule has 0 saturated carbocycles. The van der Waals surface area contributed by atoms with Crippen LogP contribution in [0.5, 0.6) is 0 Å². The lowest BCUT2D eigenvalue weighted by Gasteiger charge is -2.34. The van der Waals surface area contributed by atoms with E-state index in [0.717, 1.165) is 18.5 Å². The number of anilines is 1. The van der Waals surface area contributed by atoms with Crippen LogP contribution in [0.15, 0.2) is 18.2 Å². The van der Waals surface area contributed by atoms with Crippen molar-refractivity contribution in [3.05, 3.63) is 33.9 Å². The number of nitrogens with one attached hydrogen (secondary N) is 1. The van der Waals surface area contributed by atoms with Crippen LogP contribution in [0, 0.1) is 10.1 Å². The second kappa shape index (κ2) is 6.02. The van der Waals surface area contributed by atoms with E-state index in [-0.39, 0.29) is 16.1 Å². The van der Waals surface area contributed by atoms with E-state index in [1.807, 2.05) is 12.1 Å². The SMILES string of the molecule is CCC(C)(C)N(C)Cc1ccc([N+](=O)[O-])c(NC)c1. The van der Waals surface area contributed by atoms with Gasteiger partial charge in [0.25, 0.3) is 5.69 Å². The number of nitrogens with zero attached hydrogens (tertiary/aromatic N) is 2. The summed E-state index contributed by atoms with van der Waals surface area (Å²) in [5, 5.41) is 13.8. The fraction of sp³-hybridized carbons (Fsp3) is 0.571. The summed E-state index contributed by atoms with van der Waals surface area (Å²) >= 11 is 0. The van der Waals surface area contributed by atoms with Crippen LogP contribution in [-0.4, -0.2) is 29.5 Å². The van der Waals surface area contributed by atoms with Gasteiger partial charge in [-0.1, -0.05) is 13.0 Å². The van der Waals surface area contributed by atoms with Crippen LogP contribution in [0.2, 0.25) is 0 Å². The standard InChI is InChI=1S/C14H23N3O2/c1-6-14(2,3)16(5)10-11-7-8-13(17(18)19)12(9-11)15-4/h7-9,15H,6,10H2,1-5H3. The molecule has 0 bridgehead atoms. The van der Waals surface area contributed by atoms with E-state index in [1.54, 1.807) is 13.1 Å². The Morgan fingerprint density at radius 2 is 2.05 bits per heavy atom. The Kier molecular flexibility index (Phi) is 4.89. The molecule has 1 rings (SSSR count). The Balaban J connectivity index is 2.95. The molecule has 106 valence electrons. The van der Waals surface area contributed by atoms with E-state index in [2.05, 4.69) is 38.0 Å². The first-order chi connectivity index (χ1) is 8.81. The second-order valence-corrected chi connectivity index (χ2v) is 5.38. The first-order valence-corrected chi connectivity index (χ1v) is 6.48. The monoisotopic (exact) mass is 265 g/mol. The zero-order chi connectivity index (χ0) is 14.6. The molecule has 1 aromatic rings. The summed E-state index contributed by atoms with van der Waals surface area (Å²) in [6.07, 6.45) is 1.05. The topological polar surface area (TPSA) is 58.4 Å². The molecule has 1 aromatic carbocycles. The lowest BCUT2D eigenvalue weighted by Crippen LogP contribution is -2.39. The van der Waals surface area contributed by atoms with Crippen molar-refractivity contribution in [3.63, 3.8) is 0 Å². The van der Waals surface area contributed by atoms with Crippen LogP contribution in [0.3, 0.4) is 0 Å². The second-order valence-electron chi connectivity index (χ2n) is 5.38. The Bertz CT molecular complexity index is 458. The van der Waals surface area contributed by atoms with Gasteiger partial charge in [0.15, 0.2) is 0 Å². The number of benzene rings is 1. The summed E-state index contributed by atoms with van der Waals surface area (Å²) in [4.78, 5) is 12.8. The van der Waals surface area contributed by atoms with E-state index in [9.17, 15) is 10.1 Å². The maximum Gasteiger partial charge on any atom is 0.292 e. The zero-order valence-corrected chi connectivity index (χ0v) is 12.4. The number of nitro benzene ring substituents is 1. The van der Waals surface area contributed by atoms with Crippen molar-refractivity contribution in [1.29, 1.82) is 0 Å². The van der Waals surface area contributed by atoms with Crippen molar-refractivity contribution in [1.82, 2.24) is 4.90 Å². The van der Waals surface area contributed by atoms with Crippen molar-refractivity contribution in [3.8, 4) is 0 Å². The van der Waals surface area contributed by atoms with Gasteiger partial charge in [-0.3, -0.25) is 15.0 Å². The molecule has 1 N–H and O–H groups in total. The molecule has 19 heavy (non-hydrogen) atoms. The molecule has 0 amide bonds. The van der Waals surface area contributed by atoms with Gasteiger partial charge in [0.1, 0.15) is 5.69 Å². The minimum atomic E-state index is -0.366. The molecular formula is C14H23N3O2. The molecule has 0 aliphatic carbocycles. The average Bonchev–Trinajstić information content (AvgIpc) is 2.38. The van der Waals surface area contributed by atoms with Gasteiger partial charge in [0.2, 0.25) is 0 Å². The maximum absolute atomic E-state index is 10.9. The largest absolute Gasteiger partial charge is 0.383 e. The maximum atomic E-state index is 10.9. The fourth-order valence-electron chi connectivity index (χ4n) is 1.80. The summed E-state index contributed by atoms with van der Waals surface area (Å²) in [6.45, 7) is 7.31. The summed E-state index contributed by atoms with van der Waals surface area (Å²) in [5.41, 5.74) is 1.86. The van der Waals surface area contributed by atoms with E-state index in [4.69, 9.17) is 0 Å².